The van der Waals surface area contributed by atoms with Crippen LogP contribution in [0.4, 0.5) is 22.7 Å². The van der Waals surface area contributed by atoms with E-state index < -0.39 is 48.3 Å². The first kappa shape index (κ1) is 42.7. The number of ether oxygens (including phenoxy) is 1. The number of aromatic nitrogens is 3. The van der Waals surface area contributed by atoms with Crippen LogP contribution in [0.25, 0.3) is 66.2 Å². The first-order valence-electron chi connectivity index (χ1n) is 30.0. The fraction of sp³-hybridized carbons (Fsp3) is 0.229. The average Bonchev–Trinajstić information content (AvgIpc) is 1.58. The van der Waals surface area contributed by atoms with Crippen LogP contribution in [-0.2, 0) is 42.7 Å². The van der Waals surface area contributed by atoms with Crippen molar-refractivity contribution in [2.24, 2.45) is 0 Å². The second kappa shape index (κ2) is 19.0. The van der Waals surface area contributed by atoms with E-state index in [0.29, 0.717) is 33.8 Å². The number of benzene rings is 8. The standard InChI is InChI=1S/C70H66N5O.Pt/c1-67(2,3)47-22-19-21-45(35-47)46-31-32-61-62(36-46)73(52-38-49(69(7,8)9)37-50(39-52)70(10,11)12)44-72(61)51-23-20-24-53(41-51)76-54-42-63(74-58-28-16-13-25-55(58)56-26-14-17-29-59(56)74)66-57-27-15-18-30-60(57)75(64(66)43-54)65-40-48(33-34-71-65)68(4,5)6;/h13-40,42,44H,1-12H3;/q-3;/i13D,14D,16D,17D,25D,26D,28D,29D;. The van der Waals surface area contributed by atoms with Crippen LogP contribution in [0.5, 0.6) is 11.5 Å². The number of pyridine rings is 1. The van der Waals surface area contributed by atoms with Crippen LogP contribution < -0.4 is 14.5 Å². The van der Waals surface area contributed by atoms with Gasteiger partial charge in [0, 0.05) is 72.1 Å². The van der Waals surface area contributed by atoms with Gasteiger partial charge in [0.2, 0.25) is 0 Å². The molecule has 12 rings (SSSR count). The van der Waals surface area contributed by atoms with Crippen molar-refractivity contribution in [3.8, 4) is 34.1 Å². The van der Waals surface area contributed by atoms with Gasteiger partial charge in [0.1, 0.15) is 5.82 Å². The van der Waals surface area contributed by atoms with E-state index in [-0.39, 0.29) is 70.3 Å². The van der Waals surface area contributed by atoms with Gasteiger partial charge in [0.05, 0.1) is 22.0 Å². The normalized spacial score (nSPS) is 14.7. The van der Waals surface area contributed by atoms with E-state index >= 15 is 0 Å². The first-order valence-corrected chi connectivity index (χ1v) is 26.0. The van der Waals surface area contributed by atoms with E-state index in [4.69, 9.17) is 15.2 Å². The minimum atomic E-state index is -0.522. The predicted molar refractivity (Wildman–Crippen MR) is 319 cm³/mol. The van der Waals surface area contributed by atoms with Crippen molar-refractivity contribution in [2.75, 3.05) is 9.80 Å². The Kier molecular flexibility index (Phi) is 10.5. The van der Waals surface area contributed by atoms with Gasteiger partial charge < -0.3 is 23.7 Å². The molecular weight excluding hydrogens is 1120 g/mol. The summed E-state index contributed by atoms with van der Waals surface area (Å²) in [4.78, 5) is 9.33. The van der Waals surface area contributed by atoms with Gasteiger partial charge in [0.25, 0.3) is 0 Å². The van der Waals surface area contributed by atoms with Crippen molar-refractivity contribution in [1.29, 1.82) is 0 Å². The minimum Gasteiger partial charge on any atom is -0.509 e. The van der Waals surface area contributed by atoms with E-state index in [1.54, 1.807) is 16.8 Å². The second-order valence-corrected chi connectivity index (χ2v) is 24.2. The van der Waals surface area contributed by atoms with Gasteiger partial charge in [-0.05, 0) is 121 Å². The molecular formula is C70H66N5OPt-3. The molecule has 4 heterocycles. The van der Waals surface area contributed by atoms with E-state index in [1.165, 1.54) is 16.7 Å². The number of fused-ring (bicyclic) bond motifs is 7. The summed E-state index contributed by atoms with van der Waals surface area (Å²) in [6, 6.07) is 45.0. The van der Waals surface area contributed by atoms with Crippen LogP contribution in [-0.4, -0.2) is 14.1 Å². The van der Waals surface area contributed by atoms with E-state index in [2.05, 4.69) is 172 Å². The summed E-state index contributed by atoms with van der Waals surface area (Å²) in [5.41, 5.74) is 11.6. The Morgan fingerprint density at radius 1 is 0.481 bits per heavy atom. The maximum absolute atomic E-state index is 9.51. The molecule has 7 heteroatoms. The van der Waals surface area contributed by atoms with Crippen LogP contribution >= 0.6 is 0 Å². The zero-order valence-electron chi connectivity index (χ0n) is 53.7. The monoisotopic (exact) mass is 1200 g/mol. The Hall–Kier alpha value is -7.40. The molecule has 0 aliphatic carbocycles. The van der Waals surface area contributed by atoms with Crippen molar-refractivity contribution in [1.82, 2.24) is 14.1 Å². The molecule has 0 amide bonds. The minimum absolute atomic E-state index is 0. The van der Waals surface area contributed by atoms with Gasteiger partial charge in [-0.1, -0.05) is 185 Å². The van der Waals surface area contributed by atoms with Gasteiger partial charge in [0.15, 0.2) is 0 Å². The summed E-state index contributed by atoms with van der Waals surface area (Å²) in [5.74, 6) is 1.12. The molecule has 0 bridgehead atoms. The zero-order chi connectivity index (χ0) is 60.0. The smallest absolute Gasteiger partial charge is 0.135 e. The maximum Gasteiger partial charge on any atom is 0.135 e. The molecule has 8 aromatic carbocycles. The number of rotatable bonds is 7. The van der Waals surface area contributed by atoms with Crippen molar-refractivity contribution >= 4 is 66.4 Å². The molecule has 6 nitrogen and oxygen atoms in total. The number of anilines is 4. The Labute approximate surface area is 480 Å². The average molecular weight is 1200 g/mol. The molecule has 0 N–H and O–H groups in total. The SMILES string of the molecule is [2H]c1c([2H])c([2H])c2c(c1[2H])c1c([2H])c([2H])c([2H])c([2H])c1n2-c1cc(Oc2[c-]c(N3[CH-]N(c4cc(C(C)(C)C)cc(C(C)(C)C)c4)c4cc(-c5cccc(C(C)(C)C)c5)ccc43)ccc2)[c-]c2c1c1ccccc1n2-c1cc(C(C)(C)C)ccn1.[Pt]. The zero-order valence-corrected chi connectivity index (χ0v) is 47.9. The Morgan fingerprint density at radius 3 is 1.78 bits per heavy atom. The van der Waals surface area contributed by atoms with E-state index in [9.17, 15) is 5.48 Å². The topological polar surface area (TPSA) is 38.5 Å². The number of para-hydroxylation sites is 3. The van der Waals surface area contributed by atoms with Crippen LogP contribution in [0, 0.1) is 18.8 Å². The summed E-state index contributed by atoms with van der Waals surface area (Å²) < 4.78 is 83.7. The van der Waals surface area contributed by atoms with Crippen LogP contribution in [0.3, 0.4) is 0 Å². The van der Waals surface area contributed by atoms with E-state index in [1.807, 2.05) is 59.2 Å². The molecule has 0 saturated heterocycles. The van der Waals surface area contributed by atoms with Gasteiger partial charge >= 0.3 is 0 Å². The molecule has 0 saturated carbocycles. The Bertz CT molecular complexity index is 4450. The maximum atomic E-state index is 9.51. The first-order chi connectivity index (χ1) is 39.5. The van der Waals surface area contributed by atoms with Crippen molar-refractivity contribution in [3.05, 3.63) is 217 Å². The number of nitrogens with zero attached hydrogens (tertiary/aromatic N) is 5. The molecule has 3 aromatic heterocycles. The largest absolute Gasteiger partial charge is 0.509 e. The molecule has 0 fully saturated rings. The fourth-order valence-electron chi connectivity index (χ4n) is 10.4. The molecule has 0 spiro atoms. The second-order valence-electron chi connectivity index (χ2n) is 24.2. The third-order valence-electron chi connectivity index (χ3n) is 14.7. The van der Waals surface area contributed by atoms with Crippen LogP contribution in [0.15, 0.2) is 176 Å². The summed E-state index contributed by atoms with van der Waals surface area (Å²) in [5, 5.41) is 1.25. The number of hydrogen-bond acceptors (Lipinski definition) is 4. The molecule has 0 radical (unpaired) electrons. The van der Waals surface area contributed by atoms with Crippen molar-refractivity contribution in [2.45, 2.75) is 105 Å². The van der Waals surface area contributed by atoms with Crippen LogP contribution in [0.2, 0.25) is 0 Å². The summed E-state index contributed by atoms with van der Waals surface area (Å²) >= 11 is 0. The van der Waals surface area contributed by atoms with Gasteiger partial charge in [-0.2, -0.15) is 6.07 Å². The molecule has 11 aromatic rings. The molecule has 0 unspecified atom stereocenters. The third kappa shape index (κ3) is 9.33. The predicted octanol–water partition coefficient (Wildman–Crippen LogP) is 18.9. The van der Waals surface area contributed by atoms with E-state index in [0.717, 1.165) is 44.7 Å². The third-order valence-corrected chi connectivity index (χ3v) is 14.7. The Balaban J connectivity index is 0.00000752. The molecule has 1 aliphatic rings. The summed E-state index contributed by atoms with van der Waals surface area (Å²) in [6.45, 7) is 28.7. The van der Waals surface area contributed by atoms with Gasteiger partial charge in [-0.15, -0.1) is 42.7 Å². The fourth-order valence-corrected chi connectivity index (χ4v) is 10.4. The van der Waals surface area contributed by atoms with Crippen molar-refractivity contribution < 1.29 is 36.8 Å². The number of hydrogen-bond donors (Lipinski definition) is 0. The molecule has 77 heavy (non-hydrogen) atoms. The molecule has 0 atom stereocenters. The quantitative estimate of drug-likeness (QED) is 0.149. The van der Waals surface area contributed by atoms with Gasteiger partial charge in [-0.3, -0.25) is 0 Å². The van der Waals surface area contributed by atoms with Gasteiger partial charge in [-0.25, -0.2) is 4.98 Å². The summed E-state index contributed by atoms with van der Waals surface area (Å²) in [7, 11) is 0. The molecule has 390 valence electrons. The van der Waals surface area contributed by atoms with Crippen molar-refractivity contribution in [3.63, 3.8) is 0 Å². The Morgan fingerprint density at radius 2 is 1.10 bits per heavy atom. The summed E-state index contributed by atoms with van der Waals surface area (Å²) in [6.07, 6.45) is 1.78. The van der Waals surface area contributed by atoms with Crippen LogP contribution in [0.1, 0.15) is 116 Å². The molecule has 1 aliphatic heterocycles.